The number of nitrogens with zero attached hydrogens (tertiary/aromatic N) is 2. The topological polar surface area (TPSA) is 48.9 Å². The first kappa shape index (κ1) is 21.8. The molecule has 3 fully saturated rings. The summed E-state index contributed by atoms with van der Waals surface area (Å²) >= 11 is 0. The highest BCUT2D eigenvalue weighted by Gasteiger charge is 2.55. The Morgan fingerprint density at radius 2 is 1.86 bits per heavy atom. The van der Waals surface area contributed by atoms with Gasteiger partial charge in [0.2, 0.25) is 0 Å². The summed E-state index contributed by atoms with van der Waals surface area (Å²) in [5.41, 5.74) is 0.255. The number of ether oxygens (including phenoxy) is 1. The molecule has 7 heteroatoms. The van der Waals surface area contributed by atoms with Gasteiger partial charge in [-0.05, 0) is 46.0 Å². The summed E-state index contributed by atoms with van der Waals surface area (Å²) in [6.45, 7) is 6.99. The van der Waals surface area contributed by atoms with E-state index >= 15 is 0 Å². The van der Waals surface area contributed by atoms with Crippen LogP contribution < -0.4 is 10.6 Å². The average molecular weight is 401 g/mol. The van der Waals surface area contributed by atoms with Gasteiger partial charge in [0.15, 0.2) is 5.96 Å². The van der Waals surface area contributed by atoms with Gasteiger partial charge in [-0.3, -0.25) is 9.89 Å². The Kier molecular flexibility index (Phi) is 7.92. The average Bonchev–Trinajstić information content (AvgIpc) is 2.69. The fraction of sp³-hybridized carbons (Fsp3) is 0.952. The van der Waals surface area contributed by atoms with Crippen LogP contribution in [0, 0.1) is 5.41 Å². The second-order valence-electron chi connectivity index (χ2n) is 8.60. The normalized spacial score (nSPS) is 29.1. The van der Waals surface area contributed by atoms with E-state index in [2.05, 4.69) is 29.5 Å². The van der Waals surface area contributed by atoms with Crippen LogP contribution in [0.4, 0.5) is 8.78 Å². The summed E-state index contributed by atoms with van der Waals surface area (Å²) in [5.74, 6) is 0.889. The Morgan fingerprint density at radius 3 is 2.46 bits per heavy atom. The molecule has 28 heavy (non-hydrogen) atoms. The van der Waals surface area contributed by atoms with Crippen molar-refractivity contribution < 1.29 is 13.5 Å². The lowest BCUT2D eigenvalue weighted by atomic mass is 9.55. The number of aliphatic imine (C=N–C) groups is 1. The van der Waals surface area contributed by atoms with Gasteiger partial charge < -0.3 is 15.4 Å². The van der Waals surface area contributed by atoms with E-state index in [0.29, 0.717) is 18.2 Å². The Balaban J connectivity index is 1.54. The highest BCUT2D eigenvalue weighted by Crippen LogP contribution is 2.53. The smallest absolute Gasteiger partial charge is 0.251 e. The second kappa shape index (κ2) is 10.2. The van der Waals surface area contributed by atoms with Crippen molar-refractivity contribution in [1.82, 2.24) is 15.5 Å². The Hall–Kier alpha value is -0.950. The highest BCUT2D eigenvalue weighted by molar-refractivity contribution is 5.80. The highest BCUT2D eigenvalue weighted by atomic mass is 19.3. The predicted molar refractivity (Wildman–Crippen MR) is 109 cm³/mol. The minimum atomic E-state index is -2.24. The molecule has 0 amide bonds. The standard InChI is InChI=1S/C21H38F2N4O/c1-3-24-20(25-16-8-12-27(13-9-16)15-19(22)23)26-17-14-18(28-4-2)21(17)10-6-5-7-11-21/h16-19H,3-15H2,1-2H3,(H2,24,25,26). The van der Waals surface area contributed by atoms with Crippen LogP contribution in [-0.2, 0) is 4.74 Å². The van der Waals surface area contributed by atoms with Crippen LogP contribution in [0.15, 0.2) is 4.99 Å². The van der Waals surface area contributed by atoms with E-state index in [1.807, 2.05) is 4.90 Å². The fourth-order valence-corrected chi connectivity index (χ4v) is 5.37. The van der Waals surface area contributed by atoms with E-state index in [-0.39, 0.29) is 12.0 Å². The van der Waals surface area contributed by atoms with Crippen LogP contribution in [0.3, 0.4) is 0 Å². The van der Waals surface area contributed by atoms with Crippen molar-refractivity contribution in [3.05, 3.63) is 0 Å². The van der Waals surface area contributed by atoms with Crippen molar-refractivity contribution in [2.24, 2.45) is 10.4 Å². The van der Waals surface area contributed by atoms with Gasteiger partial charge >= 0.3 is 0 Å². The second-order valence-corrected chi connectivity index (χ2v) is 8.60. The number of rotatable bonds is 7. The summed E-state index contributed by atoms with van der Waals surface area (Å²) in [7, 11) is 0. The lowest BCUT2D eigenvalue weighted by Gasteiger charge is -2.58. The van der Waals surface area contributed by atoms with E-state index in [4.69, 9.17) is 4.74 Å². The van der Waals surface area contributed by atoms with Gasteiger partial charge in [0.25, 0.3) is 6.43 Å². The summed E-state index contributed by atoms with van der Waals surface area (Å²) < 4.78 is 31.2. The van der Waals surface area contributed by atoms with Crippen molar-refractivity contribution in [3.63, 3.8) is 0 Å². The van der Waals surface area contributed by atoms with Crippen molar-refractivity contribution in [1.29, 1.82) is 0 Å². The van der Waals surface area contributed by atoms with E-state index in [1.165, 1.54) is 32.1 Å². The van der Waals surface area contributed by atoms with Crippen LogP contribution in [0.1, 0.15) is 65.2 Å². The van der Waals surface area contributed by atoms with Crippen molar-refractivity contribution in [2.45, 2.75) is 89.8 Å². The molecular weight excluding hydrogens is 362 g/mol. The van der Waals surface area contributed by atoms with Gasteiger partial charge in [0.05, 0.1) is 12.6 Å². The number of hydrogen-bond acceptors (Lipinski definition) is 3. The largest absolute Gasteiger partial charge is 0.378 e. The fourth-order valence-electron chi connectivity index (χ4n) is 5.37. The molecule has 2 unspecified atom stereocenters. The molecule has 0 aromatic rings. The zero-order chi connectivity index (χ0) is 20.0. The molecule has 2 N–H and O–H groups in total. The first-order valence-corrected chi connectivity index (χ1v) is 11.3. The van der Waals surface area contributed by atoms with E-state index < -0.39 is 6.43 Å². The first-order valence-electron chi connectivity index (χ1n) is 11.3. The first-order chi connectivity index (χ1) is 13.6. The van der Waals surface area contributed by atoms with Gasteiger partial charge in [0.1, 0.15) is 0 Å². The molecule has 0 radical (unpaired) electrons. The zero-order valence-corrected chi connectivity index (χ0v) is 17.6. The number of guanidine groups is 1. The number of piperidine rings is 1. The third kappa shape index (κ3) is 5.15. The van der Waals surface area contributed by atoms with Gasteiger partial charge in [-0.1, -0.05) is 19.3 Å². The van der Waals surface area contributed by atoms with Crippen LogP contribution >= 0.6 is 0 Å². The number of likely N-dealkylation sites (tertiary alicyclic amines) is 1. The SMILES string of the molecule is CCN=C(NC1CCN(CC(F)F)CC1)NC1CC(OCC)C12CCCCC2. The van der Waals surface area contributed by atoms with Crippen molar-refractivity contribution >= 4 is 5.96 Å². The molecule has 5 nitrogen and oxygen atoms in total. The number of nitrogens with one attached hydrogen (secondary N) is 2. The molecule has 2 atom stereocenters. The van der Waals surface area contributed by atoms with E-state index in [0.717, 1.165) is 51.5 Å². The zero-order valence-electron chi connectivity index (χ0n) is 17.6. The maximum absolute atomic E-state index is 12.6. The molecule has 0 aromatic carbocycles. The van der Waals surface area contributed by atoms with Crippen molar-refractivity contribution in [2.75, 3.05) is 32.8 Å². The maximum Gasteiger partial charge on any atom is 0.251 e. The van der Waals surface area contributed by atoms with Crippen LogP contribution in [-0.4, -0.2) is 68.3 Å². The monoisotopic (exact) mass is 400 g/mol. The lowest BCUT2D eigenvalue weighted by molar-refractivity contribution is -0.145. The molecule has 1 aliphatic heterocycles. The lowest BCUT2D eigenvalue weighted by Crippen LogP contribution is -2.67. The van der Waals surface area contributed by atoms with Gasteiger partial charge in [-0.2, -0.15) is 0 Å². The minimum absolute atomic E-state index is 0.107. The summed E-state index contributed by atoms with van der Waals surface area (Å²) in [5, 5.41) is 7.30. The van der Waals surface area contributed by atoms with Crippen molar-refractivity contribution in [3.8, 4) is 0 Å². The van der Waals surface area contributed by atoms with Gasteiger partial charge in [-0.15, -0.1) is 0 Å². The Labute approximate surface area is 168 Å². The van der Waals surface area contributed by atoms with E-state index in [9.17, 15) is 8.78 Å². The maximum atomic E-state index is 12.6. The Bertz CT molecular complexity index is 503. The Morgan fingerprint density at radius 1 is 1.14 bits per heavy atom. The van der Waals surface area contributed by atoms with Gasteiger partial charge in [0, 0.05) is 43.7 Å². The molecule has 0 aromatic heterocycles. The molecule has 1 spiro atoms. The minimum Gasteiger partial charge on any atom is -0.378 e. The third-order valence-electron chi connectivity index (χ3n) is 6.89. The molecule has 162 valence electrons. The number of halogens is 2. The summed E-state index contributed by atoms with van der Waals surface area (Å²) in [6.07, 6.45) is 7.33. The third-order valence-corrected chi connectivity index (χ3v) is 6.89. The molecule has 1 heterocycles. The number of hydrogen-bond donors (Lipinski definition) is 2. The molecule has 3 rings (SSSR count). The molecular formula is C21H38F2N4O. The van der Waals surface area contributed by atoms with E-state index in [1.54, 1.807) is 0 Å². The summed E-state index contributed by atoms with van der Waals surface area (Å²) in [4.78, 5) is 6.54. The van der Waals surface area contributed by atoms with Gasteiger partial charge in [-0.25, -0.2) is 8.78 Å². The molecule has 3 aliphatic rings. The molecule has 0 bridgehead atoms. The predicted octanol–water partition coefficient (Wildman–Crippen LogP) is 3.40. The molecule has 2 aliphatic carbocycles. The summed E-state index contributed by atoms with van der Waals surface area (Å²) in [6, 6.07) is 0.720. The quantitative estimate of drug-likeness (QED) is 0.508. The number of alkyl halides is 2. The molecule has 1 saturated heterocycles. The van der Waals surface area contributed by atoms with Crippen LogP contribution in [0.5, 0.6) is 0 Å². The molecule has 2 saturated carbocycles. The van der Waals surface area contributed by atoms with Crippen LogP contribution in [0.2, 0.25) is 0 Å². The van der Waals surface area contributed by atoms with Crippen LogP contribution in [0.25, 0.3) is 0 Å².